The Morgan fingerprint density at radius 1 is 1.46 bits per heavy atom. The first-order chi connectivity index (χ1) is 6.04. The smallest absolute Gasteiger partial charge is 0.142 e. The number of aromatic nitrogens is 1. The van der Waals surface area contributed by atoms with E-state index in [1.807, 2.05) is 6.07 Å². The van der Waals surface area contributed by atoms with Crippen LogP contribution in [0.3, 0.4) is 0 Å². The van der Waals surface area contributed by atoms with Gasteiger partial charge in [0, 0.05) is 18.0 Å². The molecule has 13 heavy (non-hydrogen) atoms. The maximum Gasteiger partial charge on any atom is 0.142 e. The van der Waals surface area contributed by atoms with E-state index in [4.69, 9.17) is 4.52 Å². The van der Waals surface area contributed by atoms with Gasteiger partial charge in [0.1, 0.15) is 5.76 Å². The van der Waals surface area contributed by atoms with Gasteiger partial charge in [0.25, 0.3) is 0 Å². The zero-order chi connectivity index (χ0) is 9.90. The fraction of sp³-hybridized carbons (Fsp3) is 0.700. The highest BCUT2D eigenvalue weighted by Gasteiger charge is 2.19. The van der Waals surface area contributed by atoms with Crippen LogP contribution < -0.4 is 5.32 Å². The van der Waals surface area contributed by atoms with Crippen LogP contribution in [0.5, 0.6) is 0 Å². The molecular weight excluding hydrogens is 164 g/mol. The van der Waals surface area contributed by atoms with E-state index in [9.17, 15) is 0 Å². The van der Waals surface area contributed by atoms with Gasteiger partial charge in [0.15, 0.2) is 0 Å². The molecule has 0 aromatic carbocycles. The predicted octanol–water partition coefficient (Wildman–Crippen LogP) is 2.08. The van der Waals surface area contributed by atoms with Gasteiger partial charge in [-0.1, -0.05) is 32.9 Å². The Kier molecular flexibility index (Phi) is 3.09. The lowest BCUT2D eigenvalue weighted by Crippen LogP contribution is -2.12. The van der Waals surface area contributed by atoms with Crippen molar-refractivity contribution in [2.75, 3.05) is 6.54 Å². The molecule has 3 heteroatoms. The molecule has 0 bridgehead atoms. The first-order valence-corrected chi connectivity index (χ1v) is 4.71. The van der Waals surface area contributed by atoms with E-state index in [0.717, 1.165) is 24.5 Å². The van der Waals surface area contributed by atoms with Crippen molar-refractivity contribution in [3.63, 3.8) is 0 Å². The van der Waals surface area contributed by atoms with E-state index in [-0.39, 0.29) is 5.41 Å². The highest BCUT2D eigenvalue weighted by molar-refractivity contribution is 5.12. The lowest BCUT2D eigenvalue weighted by Gasteiger charge is -2.12. The van der Waals surface area contributed by atoms with Gasteiger partial charge in [-0.15, -0.1) is 0 Å². The summed E-state index contributed by atoms with van der Waals surface area (Å²) in [6, 6.07) is 2.02. The molecule has 0 saturated heterocycles. The number of nitrogens with one attached hydrogen (secondary N) is 1. The minimum Gasteiger partial charge on any atom is -0.361 e. The molecule has 1 N–H and O–H groups in total. The highest BCUT2D eigenvalue weighted by atomic mass is 16.5. The Hall–Kier alpha value is -0.830. The lowest BCUT2D eigenvalue weighted by molar-refractivity contribution is 0.325. The largest absolute Gasteiger partial charge is 0.361 e. The van der Waals surface area contributed by atoms with Crippen molar-refractivity contribution in [3.8, 4) is 0 Å². The van der Waals surface area contributed by atoms with Gasteiger partial charge in [-0.2, -0.15) is 0 Å². The summed E-state index contributed by atoms with van der Waals surface area (Å²) < 4.78 is 5.24. The second kappa shape index (κ2) is 3.92. The van der Waals surface area contributed by atoms with Crippen LogP contribution in [-0.2, 0) is 12.0 Å². The fourth-order valence-electron chi connectivity index (χ4n) is 1.00. The minimum atomic E-state index is 0.0530. The van der Waals surface area contributed by atoms with Gasteiger partial charge >= 0.3 is 0 Å². The molecule has 1 aromatic rings. The number of hydrogen-bond acceptors (Lipinski definition) is 3. The third kappa shape index (κ3) is 2.84. The van der Waals surface area contributed by atoms with Crippen LogP contribution in [0.25, 0.3) is 0 Å². The number of nitrogens with zero attached hydrogens (tertiary/aromatic N) is 1. The van der Waals surface area contributed by atoms with Crippen molar-refractivity contribution < 1.29 is 4.52 Å². The van der Waals surface area contributed by atoms with E-state index in [1.165, 1.54) is 0 Å². The monoisotopic (exact) mass is 182 g/mol. The normalized spacial score (nSPS) is 12.0. The van der Waals surface area contributed by atoms with Crippen molar-refractivity contribution >= 4 is 0 Å². The predicted molar refractivity (Wildman–Crippen MR) is 52.6 cm³/mol. The first kappa shape index (κ1) is 10.3. The fourth-order valence-corrected chi connectivity index (χ4v) is 1.00. The van der Waals surface area contributed by atoms with Crippen LogP contribution in [0.2, 0.25) is 0 Å². The molecule has 1 aromatic heterocycles. The van der Waals surface area contributed by atoms with E-state index < -0.39 is 0 Å². The minimum absolute atomic E-state index is 0.0530. The summed E-state index contributed by atoms with van der Waals surface area (Å²) in [6.07, 6.45) is 0. The zero-order valence-corrected chi connectivity index (χ0v) is 8.85. The topological polar surface area (TPSA) is 38.1 Å². The van der Waals surface area contributed by atoms with Crippen LogP contribution in [0.1, 0.15) is 39.1 Å². The van der Waals surface area contributed by atoms with Crippen molar-refractivity contribution in [3.05, 3.63) is 17.5 Å². The Balaban J connectivity index is 2.64. The third-order valence-corrected chi connectivity index (χ3v) is 1.85. The molecule has 0 amide bonds. The van der Waals surface area contributed by atoms with Gasteiger partial charge in [0.05, 0.1) is 5.69 Å². The number of hydrogen-bond donors (Lipinski definition) is 1. The molecule has 0 fully saturated rings. The summed E-state index contributed by atoms with van der Waals surface area (Å²) in [5, 5.41) is 7.19. The maximum atomic E-state index is 5.24. The maximum absolute atomic E-state index is 5.24. The van der Waals surface area contributed by atoms with Crippen LogP contribution in [-0.4, -0.2) is 11.7 Å². The molecule has 1 rings (SSSR count). The molecule has 0 radical (unpaired) electrons. The van der Waals surface area contributed by atoms with Crippen LogP contribution in [0, 0.1) is 0 Å². The summed E-state index contributed by atoms with van der Waals surface area (Å²) in [4.78, 5) is 0. The summed E-state index contributed by atoms with van der Waals surface area (Å²) in [5.41, 5.74) is 1.03. The Labute approximate surface area is 79.5 Å². The summed E-state index contributed by atoms with van der Waals surface area (Å²) in [5.74, 6) is 0.945. The van der Waals surface area contributed by atoms with E-state index in [1.54, 1.807) is 0 Å². The average molecular weight is 182 g/mol. The molecule has 74 valence electrons. The van der Waals surface area contributed by atoms with Crippen molar-refractivity contribution in [2.45, 2.75) is 39.7 Å². The number of rotatable bonds is 3. The quantitative estimate of drug-likeness (QED) is 0.777. The molecule has 0 spiro atoms. The summed E-state index contributed by atoms with van der Waals surface area (Å²) >= 11 is 0. The second-order valence-corrected chi connectivity index (χ2v) is 4.21. The highest BCUT2D eigenvalue weighted by Crippen LogP contribution is 2.22. The molecular formula is C10H18N2O. The third-order valence-electron chi connectivity index (χ3n) is 1.85. The molecule has 0 aliphatic heterocycles. The molecule has 0 aliphatic carbocycles. The molecule has 3 nitrogen and oxygen atoms in total. The van der Waals surface area contributed by atoms with Crippen LogP contribution in [0.15, 0.2) is 10.6 Å². The van der Waals surface area contributed by atoms with Gasteiger partial charge in [-0.3, -0.25) is 0 Å². The van der Waals surface area contributed by atoms with Crippen molar-refractivity contribution in [1.29, 1.82) is 0 Å². The zero-order valence-electron chi connectivity index (χ0n) is 8.85. The van der Waals surface area contributed by atoms with E-state index >= 15 is 0 Å². The van der Waals surface area contributed by atoms with Crippen LogP contribution in [0.4, 0.5) is 0 Å². The summed E-state index contributed by atoms with van der Waals surface area (Å²) in [7, 11) is 0. The Morgan fingerprint density at radius 3 is 2.62 bits per heavy atom. The van der Waals surface area contributed by atoms with Crippen molar-refractivity contribution in [2.24, 2.45) is 0 Å². The average Bonchev–Trinajstić information content (AvgIpc) is 2.47. The van der Waals surface area contributed by atoms with Gasteiger partial charge in [-0.05, 0) is 6.54 Å². The molecule has 1 heterocycles. The standard InChI is InChI=1S/C10H18N2O/c1-5-11-7-8-6-9(13-12-8)10(2,3)4/h6,11H,5,7H2,1-4H3. The van der Waals surface area contributed by atoms with E-state index in [0.29, 0.717) is 0 Å². The van der Waals surface area contributed by atoms with Crippen molar-refractivity contribution in [1.82, 2.24) is 10.5 Å². The molecule has 0 atom stereocenters. The Morgan fingerprint density at radius 2 is 2.15 bits per heavy atom. The van der Waals surface area contributed by atoms with Gasteiger partial charge in [0.2, 0.25) is 0 Å². The van der Waals surface area contributed by atoms with Gasteiger partial charge in [-0.25, -0.2) is 0 Å². The summed E-state index contributed by atoms with van der Waals surface area (Å²) in [6.45, 7) is 10.2. The molecule has 0 saturated carbocycles. The van der Waals surface area contributed by atoms with Crippen LogP contribution >= 0.6 is 0 Å². The SMILES string of the molecule is CCNCc1cc(C(C)(C)C)on1. The molecule has 0 aliphatic rings. The lowest BCUT2D eigenvalue weighted by atomic mass is 9.93. The molecule has 0 unspecified atom stereocenters. The first-order valence-electron chi connectivity index (χ1n) is 4.71. The Bertz CT molecular complexity index is 260. The second-order valence-electron chi connectivity index (χ2n) is 4.21. The van der Waals surface area contributed by atoms with Gasteiger partial charge < -0.3 is 9.84 Å². The van der Waals surface area contributed by atoms with E-state index in [2.05, 4.69) is 38.2 Å².